The van der Waals surface area contributed by atoms with Gasteiger partial charge < -0.3 is 21.1 Å². The number of benzene rings is 2. The molecular formula is C16H13N5O3. The average Bonchev–Trinajstić information content (AvgIpc) is 2.94. The van der Waals surface area contributed by atoms with Crippen molar-refractivity contribution in [3.8, 4) is 17.2 Å². The molecule has 0 aliphatic heterocycles. The fourth-order valence-corrected chi connectivity index (χ4v) is 2.66. The first kappa shape index (κ1) is 14.1. The second-order valence-corrected chi connectivity index (χ2v) is 5.41. The molecule has 120 valence electrons. The lowest BCUT2D eigenvalue weighted by Gasteiger charge is -2.08. The number of nitrogen functional groups attached to an aromatic ring is 1. The third-order valence-corrected chi connectivity index (χ3v) is 3.77. The smallest absolute Gasteiger partial charge is 0.240 e. The van der Waals surface area contributed by atoms with Crippen LogP contribution in [0.25, 0.3) is 16.6 Å². The minimum Gasteiger partial charge on any atom is -0.506 e. The van der Waals surface area contributed by atoms with Crippen LogP contribution in [0.2, 0.25) is 0 Å². The number of hydrogen-bond donors (Lipinski definition) is 4. The molecule has 0 aliphatic carbocycles. The summed E-state index contributed by atoms with van der Waals surface area (Å²) in [5.74, 6) is 0.214. The van der Waals surface area contributed by atoms with E-state index in [1.807, 2.05) is 0 Å². The lowest BCUT2D eigenvalue weighted by molar-refractivity contribution is 0.403. The summed E-state index contributed by atoms with van der Waals surface area (Å²) in [6, 6.07) is 9.53. The van der Waals surface area contributed by atoms with Crippen LogP contribution in [0.3, 0.4) is 0 Å². The Balaban J connectivity index is 1.95. The second-order valence-electron chi connectivity index (χ2n) is 5.41. The molecule has 2 aromatic carbocycles. The van der Waals surface area contributed by atoms with Gasteiger partial charge in [0, 0.05) is 11.8 Å². The predicted molar refractivity (Wildman–Crippen MR) is 86.9 cm³/mol. The number of aromatic nitrogens is 4. The molecule has 2 aromatic heterocycles. The quantitative estimate of drug-likeness (QED) is 0.412. The second kappa shape index (κ2) is 4.98. The number of hydrogen-bond acceptors (Lipinski definition) is 7. The number of nitrogens with zero attached hydrogens (tertiary/aromatic N) is 4. The first-order valence-electron chi connectivity index (χ1n) is 7.16. The summed E-state index contributed by atoms with van der Waals surface area (Å²) in [5.41, 5.74) is 7.32. The van der Waals surface area contributed by atoms with Crippen LogP contribution in [0.15, 0.2) is 36.4 Å². The Kier molecular flexibility index (Phi) is 2.92. The highest BCUT2D eigenvalue weighted by Crippen LogP contribution is 2.29. The van der Waals surface area contributed by atoms with Gasteiger partial charge in [-0.05, 0) is 29.8 Å². The molecule has 0 saturated carbocycles. The number of anilines is 1. The number of nitrogens with two attached hydrogens (primary N) is 1. The number of rotatable bonds is 2. The van der Waals surface area contributed by atoms with Gasteiger partial charge in [-0.1, -0.05) is 12.1 Å². The summed E-state index contributed by atoms with van der Waals surface area (Å²) in [6.07, 6.45) is 0.303. The molecule has 5 N–H and O–H groups in total. The molecule has 0 spiro atoms. The molecule has 0 fully saturated rings. The molecule has 24 heavy (non-hydrogen) atoms. The first-order chi connectivity index (χ1) is 11.5. The number of phenols is 3. The van der Waals surface area contributed by atoms with Crippen molar-refractivity contribution in [3.05, 3.63) is 47.8 Å². The maximum atomic E-state index is 10.1. The van der Waals surface area contributed by atoms with Gasteiger partial charge in [0.1, 0.15) is 17.1 Å². The lowest BCUT2D eigenvalue weighted by Crippen LogP contribution is -2.05. The predicted octanol–water partition coefficient (Wildman–Crippen LogP) is 1.57. The summed E-state index contributed by atoms with van der Waals surface area (Å²) in [4.78, 5) is 8.68. The van der Waals surface area contributed by atoms with Gasteiger partial charge in [-0.3, -0.25) is 0 Å². The van der Waals surface area contributed by atoms with Gasteiger partial charge in [0.15, 0.2) is 17.1 Å². The van der Waals surface area contributed by atoms with Crippen LogP contribution in [0.5, 0.6) is 17.2 Å². The average molecular weight is 323 g/mol. The Labute approximate surface area is 135 Å². The van der Waals surface area contributed by atoms with Crippen LogP contribution in [-0.2, 0) is 6.42 Å². The zero-order valence-electron chi connectivity index (χ0n) is 12.4. The van der Waals surface area contributed by atoms with E-state index in [-0.39, 0.29) is 23.2 Å². The zero-order chi connectivity index (χ0) is 16.8. The van der Waals surface area contributed by atoms with Crippen LogP contribution >= 0.6 is 0 Å². The highest BCUT2D eigenvalue weighted by molar-refractivity contribution is 5.95. The lowest BCUT2D eigenvalue weighted by atomic mass is 10.1. The van der Waals surface area contributed by atoms with Gasteiger partial charge in [-0.2, -0.15) is 9.50 Å². The van der Waals surface area contributed by atoms with Gasteiger partial charge in [-0.15, -0.1) is 5.10 Å². The van der Waals surface area contributed by atoms with Gasteiger partial charge in [-0.25, -0.2) is 4.98 Å². The molecule has 4 rings (SSSR count). The number of fused-ring (bicyclic) bond motifs is 3. The molecule has 0 aliphatic rings. The summed E-state index contributed by atoms with van der Waals surface area (Å²) in [7, 11) is 0. The fraction of sp³-hybridized carbons (Fsp3) is 0.0625. The Morgan fingerprint density at radius 2 is 1.79 bits per heavy atom. The van der Waals surface area contributed by atoms with Crippen LogP contribution in [0.1, 0.15) is 11.4 Å². The number of para-hydroxylation sites is 1. The van der Waals surface area contributed by atoms with E-state index in [0.717, 1.165) is 0 Å². The summed E-state index contributed by atoms with van der Waals surface area (Å²) in [5, 5.41) is 33.9. The summed E-state index contributed by atoms with van der Waals surface area (Å²) >= 11 is 0. The Morgan fingerprint density at radius 1 is 0.958 bits per heavy atom. The van der Waals surface area contributed by atoms with Crippen molar-refractivity contribution in [2.24, 2.45) is 0 Å². The van der Waals surface area contributed by atoms with E-state index in [1.54, 1.807) is 24.3 Å². The Hall–Kier alpha value is -3.55. The monoisotopic (exact) mass is 323 g/mol. The van der Waals surface area contributed by atoms with Crippen molar-refractivity contribution in [2.45, 2.75) is 6.42 Å². The van der Waals surface area contributed by atoms with E-state index >= 15 is 0 Å². The third-order valence-electron chi connectivity index (χ3n) is 3.77. The van der Waals surface area contributed by atoms with E-state index in [4.69, 9.17) is 5.73 Å². The number of aromatic hydroxyl groups is 3. The summed E-state index contributed by atoms with van der Waals surface area (Å²) < 4.78 is 1.51. The van der Waals surface area contributed by atoms with Crippen molar-refractivity contribution in [3.63, 3.8) is 0 Å². The highest BCUT2D eigenvalue weighted by Gasteiger charge is 2.15. The minimum absolute atomic E-state index is 0.0337. The van der Waals surface area contributed by atoms with Gasteiger partial charge in [0.05, 0.1) is 0 Å². The van der Waals surface area contributed by atoms with Crippen LogP contribution in [-0.4, -0.2) is 34.9 Å². The molecule has 0 unspecified atom stereocenters. The topological polar surface area (TPSA) is 130 Å². The van der Waals surface area contributed by atoms with E-state index in [9.17, 15) is 15.3 Å². The van der Waals surface area contributed by atoms with E-state index in [2.05, 4.69) is 15.1 Å². The van der Waals surface area contributed by atoms with Crippen molar-refractivity contribution >= 4 is 22.5 Å². The molecular weight excluding hydrogens is 310 g/mol. The molecule has 4 aromatic rings. The van der Waals surface area contributed by atoms with Crippen LogP contribution in [0.4, 0.5) is 5.95 Å². The zero-order valence-corrected chi connectivity index (χ0v) is 12.4. The minimum atomic E-state index is -0.217. The molecule has 0 radical (unpaired) electrons. The van der Waals surface area contributed by atoms with E-state index < -0.39 is 0 Å². The van der Waals surface area contributed by atoms with E-state index in [1.165, 1.54) is 16.6 Å². The normalized spacial score (nSPS) is 11.3. The standard InChI is InChI=1S/C16H13N5O3/c17-16-19-15-9-2-1-3-11(23)14(9)18-13(21(15)20-16)7-8-4-5-10(22)12(24)6-8/h1-6,22-24H,7H2,(H2,17,20). The molecule has 2 heterocycles. The SMILES string of the molecule is Nc1nc2c3cccc(O)c3nc(Cc3ccc(O)c(O)c3)n2n1. The van der Waals surface area contributed by atoms with E-state index in [0.29, 0.717) is 34.4 Å². The molecule has 0 atom stereocenters. The van der Waals surface area contributed by atoms with Crippen molar-refractivity contribution in [1.82, 2.24) is 19.6 Å². The van der Waals surface area contributed by atoms with Crippen molar-refractivity contribution in [2.75, 3.05) is 5.73 Å². The Bertz CT molecular complexity index is 1090. The molecule has 0 bridgehead atoms. The number of phenolic OH excluding ortho intramolecular Hbond substituents is 3. The Morgan fingerprint density at radius 3 is 2.58 bits per heavy atom. The maximum absolute atomic E-state index is 10.1. The molecule has 8 nitrogen and oxygen atoms in total. The van der Waals surface area contributed by atoms with Gasteiger partial charge in [0.25, 0.3) is 0 Å². The van der Waals surface area contributed by atoms with Crippen molar-refractivity contribution < 1.29 is 15.3 Å². The van der Waals surface area contributed by atoms with Gasteiger partial charge in [0.2, 0.25) is 5.95 Å². The highest BCUT2D eigenvalue weighted by atomic mass is 16.3. The maximum Gasteiger partial charge on any atom is 0.240 e. The first-order valence-corrected chi connectivity index (χ1v) is 7.16. The summed E-state index contributed by atoms with van der Waals surface area (Å²) in [6.45, 7) is 0. The van der Waals surface area contributed by atoms with Crippen LogP contribution < -0.4 is 5.73 Å². The van der Waals surface area contributed by atoms with Crippen LogP contribution in [0, 0.1) is 0 Å². The fourth-order valence-electron chi connectivity index (χ4n) is 2.66. The molecule has 0 saturated heterocycles. The third kappa shape index (κ3) is 2.12. The van der Waals surface area contributed by atoms with Gasteiger partial charge >= 0.3 is 0 Å². The largest absolute Gasteiger partial charge is 0.506 e. The van der Waals surface area contributed by atoms with Crippen molar-refractivity contribution in [1.29, 1.82) is 0 Å². The molecule has 0 amide bonds. The molecule has 8 heteroatoms.